The summed E-state index contributed by atoms with van der Waals surface area (Å²) in [7, 11) is 0. The third-order valence-electron chi connectivity index (χ3n) is 14.4. The van der Waals surface area contributed by atoms with E-state index in [0.29, 0.717) is 19.3 Å². The van der Waals surface area contributed by atoms with Gasteiger partial charge in [0.05, 0.1) is 0 Å². The minimum absolute atomic E-state index is 0.0901. The number of allylic oxidation sites excluding steroid dienone is 22. The highest BCUT2D eigenvalue weighted by Crippen LogP contribution is 2.16. The minimum Gasteiger partial charge on any atom is -0.462 e. The van der Waals surface area contributed by atoms with Gasteiger partial charge in [0, 0.05) is 19.3 Å². The lowest BCUT2D eigenvalue weighted by Gasteiger charge is -2.18. The average Bonchev–Trinajstić information content (AvgIpc) is 3.47. The first-order chi connectivity index (χ1) is 40.5. The number of hydrogen-bond donors (Lipinski definition) is 0. The van der Waals surface area contributed by atoms with Crippen LogP contribution in [0.25, 0.3) is 0 Å². The van der Waals surface area contributed by atoms with Gasteiger partial charge in [0.1, 0.15) is 13.2 Å². The Kier molecular flexibility index (Phi) is 65.3. The highest BCUT2D eigenvalue weighted by Gasteiger charge is 2.19. The summed E-state index contributed by atoms with van der Waals surface area (Å²) in [4.78, 5) is 38.5. The third kappa shape index (κ3) is 66.4. The summed E-state index contributed by atoms with van der Waals surface area (Å²) in [5, 5.41) is 0. The molecule has 0 fully saturated rings. The quantitative estimate of drug-likeness (QED) is 0.0261. The Bertz CT molecular complexity index is 1730. The summed E-state index contributed by atoms with van der Waals surface area (Å²) < 4.78 is 17.0. The van der Waals surface area contributed by atoms with Crippen LogP contribution in [-0.2, 0) is 28.6 Å². The lowest BCUT2D eigenvalue weighted by Crippen LogP contribution is -2.30. The number of esters is 3. The van der Waals surface area contributed by atoms with E-state index in [1.165, 1.54) is 135 Å². The van der Waals surface area contributed by atoms with Crippen LogP contribution in [0.1, 0.15) is 310 Å². The molecule has 0 aromatic rings. The van der Waals surface area contributed by atoms with Gasteiger partial charge in [-0.3, -0.25) is 14.4 Å². The van der Waals surface area contributed by atoms with Crippen LogP contribution in [0.5, 0.6) is 0 Å². The van der Waals surface area contributed by atoms with Gasteiger partial charge in [0.2, 0.25) is 0 Å². The van der Waals surface area contributed by atoms with E-state index in [-0.39, 0.29) is 31.1 Å². The van der Waals surface area contributed by atoms with Crippen LogP contribution in [0, 0.1) is 0 Å². The van der Waals surface area contributed by atoms with E-state index in [0.717, 1.165) is 135 Å². The maximum Gasteiger partial charge on any atom is 0.306 e. The molecule has 0 saturated heterocycles. The van der Waals surface area contributed by atoms with E-state index >= 15 is 0 Å². The molecule has 1 unspecified atom stereocenters. The molecule has 6 nitrogen and oxygen atoms in total. The van der Waals surface area contributed by atoms with Crippen LogP contribution < -0.4 is 0 Å². The number of carbonyl (C=O) groups is 3. The summed E-state index contributed by atoms with van der Waals surface area (Å²) in [6.45, 7) is 6.40. The molecular formula is C76H126O6. The number of carbonyl (C=O) groups excluding carboxylic acids is 3. The molecule has 0 aliphatic rings. The fourth-order valence-electron chi connectivity index (χ4n) is 9.32. The lowest BCUT2D eigenvalue weighted by molar-refractivity contribution is -0.167. The zero-order valence-electron chi connectivity index (χ0n) is 53.5. The van der Waals surface area contributed by atoms with Crippen molar-refractivity contribution in [3.8, 4) is 0 Å². The molecule has 1 atom stereocenters. The second kappa shape index (κ2) is 69.0. The second-order valence-corrected chi connectivity index (χ2v) is 22.3. The van der Waals surface area contributed by atoms with Crippen molar-refractivity contribution in [1.82, 2.24) is 0 Å². The van der Waals surface area contributed by atoms with Gasteiger partial charge in [-0.2, -0.15) is 0 Å². The van der Waals surface area contributed by atoms with Crippen LogP contribution in [0.15, 0.2) is 134 Å². The number of rotatable bonds is 61. The van der Waals surface area contributed by atoms with E-state index < -0.39 is 6.10 Å². The Labute approximate surface area is 506 Å². The van der Waals surface area contributed by atoms with Crippen LogP contribution >= 0.6 is 0 Å². The largest absolute Gasteiger partial charge is 0.462 e. The number of hydrogen-bond acceptors (Lipinski definition) is 6. The second-order valence-electron chi connectivity index (χ2n) is 22.3. The van der Waals surface area contributed by atoms with Crippen molar-refractivity contribution >= 4 is 17.9 Å². The molecule has 0 spiro atoms. The Hall–Kier alpha value is -4.45. The molecule has 0 radical (unpaired) electrons. The van der Waals surface area contributed by atoms with Gasteiger partial charge in [0.15, 0.2) is 6.10 Å². The van der Waals surface area contributed by atoms with Gasteiger partial charge in [-0.15, -0.1) is 0 Å². The zero-order valence-corrected chi connectivity index (χ0v) is 53.5. The summed E-state index contributed by atoms with van der Waals surface area (Å²) in [6, 6.07) is 0. The molecule has 0 aromatic carbocycles. The van der Waals surface area contributed by atoms with Crippen LogP contribution in [0.3, 0.4) is 0 Å². The van der Waals surface area contributed by atoms with Gasteiger partial charge in [0.25, 0.3) is 0 Å². The van der Waals surface area contributed by atoms with Gasteiger partial charge < -0.3 is 14.2 Å². The molecule has 0 aliphatic heterocycles. The fraction of sp³-hybridized carbons (Fsp3) is 0.671. The minimum atomic E-state index is -0.796. The molecule has 0 aliphatic carbocycles. The highest BCUT2D eigenvalue weighted by atomic mass is 16.6. The average molecular weight is 1140 g/mol. The first-order valence-electron chi connectivity index (χ1n) is 34.2. The number of unbranched alkanes of at least 4 members (excludes halogenated alkanes) is 28. The predicted molar refractivity (Wildman–Crippen MR) is 357 cm³/mol. The van der Waals surface area contributed by atoms with Gasteiger partial charge in [-0.05, 0) is 135 Å². The summed E-state index contributed by atoms with van der Waals surface area (Å²) in [5.41, 5.74) is 0. The van der Waals surface area contributed by atoms with E-state index in [9.17, 15) is 14.4 Å². The molecule has 6 heteroatoms. The fourth-order valence-corrected chi connectivity index (χ4v) is 9.32. The molecular weight excluding hydrogens is 1010 g/mol. The molecule has 0 bridgehead atoms. The summed E-state index contributed by atoms with van der Waals surface area (Å²) in [5.74, 6) is -0.905. The SMILES string of the molecule is CC/C=C\C/C=C\C/C=C\C/C=C\C/C=C\CCCCCCCCCC(=O)OCC(COC(=O)CCCCCCCCC/C=C\C/C=C\CCCCCC)OC(=O)CCCCCCCCCCCC/C=C\C/C=C\C/C=C\C/C=C\CC. The van der Waals surface area contributed by atoms with Crippen LogP contribution in [0.4, 0.5) is 0 Å². The third-order valence-corrected chi connectivity index (χ3v) is 14.4. The smallest absolute Gasteiger partial charge is 0.306 e. The van der Waals surface area contributed by atoms with Crippen molar-refractivity contribution in [3.63, 3.8) is 0 Å². The molecule has 0 saturated carbocycles. The van der Waals surface area contributed by atoms with E-state index in [1.54, 1.807) is 0 Å². The first kappa shape index (κ1) is 77.5. The summed E-state index contributed by atoms with van der Waals surface area (Å²) in [6.07, 6.45) is 97.4. The molecule has 0 amide bonds. The van der Waals surface area contributed by atoms with Crippen molar-refractivity contribution in [3.05, 3.63) is 134 Å². The van der Waals surface area contributed by atoms with Crippen LogP contribution in [0.2, 0.25) is 0 Å². The Morgan fingerprint density at radius 2 is 0.476 bits per heavy atom. The maximum absolute atomic E-state index is 13.0. The highest BCUT2D eigenvalue weighted by molar-refractivity contribution is 5.71. The standard InChI is InChI=1S/C76H126O6/c1-4-7-10-13-16-19-22-25-28-31-34-36-38-40-42-45-48-51-54-57-60-63-66-69-75(78)81-72-73(71-80-74(77)68-65-62-59-56-53-50-47-44-33-30-27-24-21-18-15-12-9-6-3)82-76(79)70-67-64-61-58-55-52-49-46-43-41-39-37-35-32-29-26-23-20-17-14-11-8-5-2/h7-8,10-11,16-17,19-21,24-26,28-30,33-37,40,42,73H,4-6,9,12-15,18,22-23,27,31-32,38-39,41,43-72H2,1-3H3/b10-7-,11-8-,19-16-,20-17-,24-21-,28-25-,29-26-,33-30-,36-34-,37-35-,42-40-. The van der Waals surface area contributed by atoms with E-state index in [4.69, 9.17) is 14.2 Å². The van der Waals surface area contributed by atoms with Crippen molar-refractivity contribution < 1.29 is 28.6 Å². The number of ether oxygens (including phenoxy) is 3. The molecule has 0 aromatic heterocycles. The summed E-state index contributed by atoms with van der Waals surface area (Å²) >= 11 is 0. The Morgan fingerprint density at radius 3 is 0.744 bits per heavy atom. The first-order valence-corrected chi connectivity index (χ1v) is 34.2. The topological polar surface area (TPSA) is 78.9 Å². The van der Waals surface area contributed by atoms with Gasteiger partial charge in [-0.25, -0.2) is 0 Å². The molecule has 0 N–H and O–H groups in total. The van der Waals surface area contributed by atoms with Crippen molar-refractivity contribution in [2.24, 2.45) is 0 Å². The van der Waals surface area contributed by atoms with Crippen LogP contribution in [-0.4, -0.2) is 37.2 Å². The molecule has 466 valence electrons. The lowest BCUT2D eigenvalue weighted by atomic mass is 10.0. The van der Waals surface area contributed by atoms with Crippen molar-refractivity contribution in [2.45, 2.75) is 316 Å². The van der Waals surface area contributed by atoms with Crippen molar-refractivity contribution in [1.29, 1.82) is 0 Å². The molecule has 0 rings (SSSR count). The Balaban J connectivity index is 4.44. The maximum atomic E-state index is 13.0. The van der Waals surface area contributed by atoms with E-state index in [2.05, 4.69) is 154 Å². The Morgan fingerprint density at radius 1 is 0.256 bits per heavy atom. The van der Waals surface area contributed by atoms with Gasteiger partial charge >= 0.3 is 17.9 Å². The predicted octanol–water partition coefficient (Wildman–Crippen LogP) is 23.7. The van der Waals surface area contributed by atoms with Crippen molar-refractivity contribution in [2.75, 3.05) is 13.2 Å². The van der Waals surface area contributed by atoms with E-state index in [1.807, 2.05) is 0 Å². The molecule has 82 heavy (non-hydrogen) atoms. The zero-order chi connectivity index (χ0) is 59.2. The normalized spacial score (nSPS) is 13.0. The monoisotopic (exact) mass is 1130 g/mol. The molecule has 0 heterocycles. The van der Waals surface area contributed by atoms with Gasteiger partial charge in [-0.1, -0.05) is 289 Å².